The Balaban J connectivity index is 2.06. The number of nitrogens with zero attached hydrogens (tertiary/aromatic N) is 2. The zero-order valence-corrected chi connectivity index (χ0v) is 15.7. The highest BCUT2D eigenvalue weighted by Crippen LogP contribution is 2.53. The molecule has 0 saturated heterocycles. The highest BCUT2D eigenvalue weighted by atomic mass is 16.5. The molecule has 3 heterocycles. The number of hydrogen-bond acceptors (Lipinski definition) is 5. The number of fused-ring (bicyclic) bond motifs is 6. The third kappa shape index (κ3) is 1.90. The summed E-state index contributed by atoms with van der Waals surface area (Å²) in [6.45, 7) is 1.88. The lowest BCUT2D eigenvalue weighted by Crippen LogP contribution is -2.47. The fourth-order valence-electron chi connectivity index (χ4n) is 4.43. The highest BCUT2D eigenvalue weighted by molar-refractivity contribution is 6.13. The van der Waals surface area contributed by atoms with Crippen LogP contribution in [0.4, 0.5) is 5.69 Å². The molecule has 5 rings (SSSR count). The molecule has 1 unspecified atom stereocenters. The Morgan fingerprint density at radius 1 is 1.21 bits per heavy atom. The number of amides is 1. The molecule has 0 saturated carbocycles. The normalized spacial score (nSPS) is 19.6. The van der Waals surface area contributed by atoms with Gasteiger partial charge in [-0.2, -0.15) is 5.26 Å². The number of aryl methyl sites for hydroxylation is 2. The third-order valence-corrected chi connectivity index (χ3v) is 5.74. The summed E-state index contributed by atoms with van der Waals surface area (Å²) in [6.07, 6.45) is 0. The second-order valence-corrected chi connectivity index (χ2v) is 7.29. The van der Waals surface area contributed by atoms with Gasteiger partial charge in [-0.3, -0.25) is 9.59 Å². The monoisotopic (exact) mass is 384 g/mol. The molecule has 0 fully saturated rings. The van der Waals surface area contributed by atoms with Crippen LogP contribution in [0.2, 0.25) is 0 Å². The van der Waals surface area contributed by atoms with Gasteiger partial charge in [0.25, 0.3) is 5.56 Å². The molecule has 0 radical (unpaired) electrons. The van der Waals surface area contributed by atoms with Gasteiger partial charge < -0.3 is 20.4 Å². The zero-order valence-electron chi connectivity index (χ0n) is 15.7. The molecule has 1 aromatic heterocycles. The molecule has 3 N–H and O–H groups in total. The topological polar surface area (TPSA) is 110 Å². The molecule has 1 atom stereocenters. The van der Waals surface area contributed by atoms with Gasteiger partial charge in [-0.1, -0.05) is 29.8 Å². The number of carbonyl (C=O) groups excluding carboxylic acids is 1. The van der Waals surface area contributed by atoms with Gasteiger partial charge in [0.1, 0.15) is 17.4 Å². The largest absolute Gasteiger partial charge is 0.439 e. The van der Waals surface area contributed by atoms with Crippen LogP contribution in [0.15, 0.2) is 58.7 Å². The number of carbonyl (C=O) groups is 1. The fraction of sp³-hybridized carbons (Fsp3) is 0.136. The molecule has 1 amide bonds. The summed E-state index contributed by atoms with van der Waals surface area (Å²) < 4.78 is 7.28. The van der Waals surface area contributed by atoms with Gasteiger partial charge >= 0.3 is 0 Å². The third-order valence-electron chi connectivity index (χ3n) is 5.74. The second kappa shape index (κ2) is 5.49. The number of pyridine rings is 1. The van der Waals surface area contributed by atoms with Crippen molar-refractivity contribution in [3.8, 4) is 11.8 Å². The first-order valence-corrected chi connectivity index (χ1v) is 9.04. The Labute approximate surface area is 165 Å². The standard InChI is InChI=1S/C22H16N4O3/c1-11-7-8-15-13(9-11)22(21(28)25-15)14(10-23)19(24)29-18-12-5-3-4-6-16(12)26(2)20(27)17(18)22/h3-9H,24H2,1-2H3,(H,25,28). The van der Waals surface area contributed by atoms with Crippen LogP contribution in [0, 0.1) is 18.3 Å². The molecule has 29 heavy (non-hydrogen) atoms. The Kier molecular flexibility index (Phi) is 3.23. The molecule has 7 nitrogen and oxygen atoms in total. The molecule has 2 aliphatic rings. The van der Waals surface area contributed by atoms with Crippen LogP contribution in [-0.4, -0.2) is 10.5 Å². The van der Waals surface area contributed by atoms with Crippen LogP contribution in [0.1, 0.15) is 16.7 Å². The van der Waals surface area contributed by atoms with Crippen molar-refractivity contribution in [1.29, 1.82) is 5.26 Å². The Hall–Kier alpha value is -4.05. The Bertz CT molecular complexity index is 1390. The zero-order chi connectivity index (χ0) is 20.5. The van der Waals surface area contributed by atoms with Gasteiger partial charge in [-0.15, -0.1) is 0 Å². The summed E-state index contributed by atoms with van der Waals surface area (Å²) in [5.41, 5.74) is 6.69. The molecule has 2 aliphatic heterocycles. The maximum atomic E-state index is 13.5. The van der Waals surface area contributed by atoms with E-state index < -0.39 is 16.9 Å². The molecule has 2 aromatic carbocycles. The predicted octanol–water partition coefficient (Wildman–Crippen LogP) is 2.17. The van der Waals surface area contributed by atoms with E-state index in [0.717, 1.165) is 5.56 Å². The summed E-state index contributed by atoms with van der Waals surface area (Å²) in [4.78, 5) is 27.0. The summed E-state index contributed by atoms with van der Waals surface area (Å²) in [5, 5.41) is 13.4. The van der Waals surface area contributed by atoms with Crippen LogP contribution in [0.5, 0.6) is 5.75 Å². The number of rotatable bonds is 0. The van der Waals surface area contributed by atoms with Crippen molar-refractivity contribution in [2.45, 2.75) is 12.3 Å². The number of aromatic nitrogens is 1. The minimum atomic E-state index is -1.66. The Morgan fingerprint density at radius 2 is 1.97 bits per heavy atom. The number of nitrogens with one attached hydrogen (secondary N) is 1. The van der Waals surface area contributed by atoms with Crippen molar-refractivity contribution in [3.05, 3.63) is 81.0 Å². The molecule has 7 heteroatoms. The summed E-state index contributed by atoms with van der Waals surface area (Å²) in [5.74, 6) is -0.456. The second-order valence-electron chi connectivity index (χ2n) is 7.29. The first-order valence-electron chi connectivity index (χ1n) is 9.04. The summed E-state index contributed by atoms with van der Waals surface area (Å²) in [7, 11) is 1.64. The Morgan fingerprint density at radius 3 is 2.72 bits per heavy atom. The van der Waals surface area contributed by atoms with Crippen LogP contribution in [0.3, 0.4) is 0 Å². The molecule has 0 bridgehead atoms. The van der Waals surface area contributed by atoms with Gasteiger partial charge in [0.15, 0.2) is 5.41 Å². The van der Waals surface area contributed by atoms with Crippen molar-refractivity contribution in [2.24, 2.45) is 12.8 Å². The maximum Gasteiger partial charge on any atom is 0.259 e. The first kappa shape index (κ1) is 17.1. The lowest BCUT2D eigenvalue weighted by Gasteiger charge is -2.34. The lowest BCUT2D eigenvalue weighted by atomic mass is 9.68. The van der Waals surface area contributed by atoms with E-state index in [1.165, 1.54) is 4.57 Å². The van der Waals surface area contributed by atoms with Crippen molar-refractivity contribution in [2.75, 3.05) is 5.32 Å². The molecule has 3 aromatic rings. The van der Waals surface area contributed by atoms with Crippen molar-refractivity contribution < 1.29 is 9.53 Å². The van der Waals surface area contributed by atoms with Crippen molar-refractivity contribution in [1.82, 2.24) is 4.57 Å². The van der Waals surface area contributed by atoms with Gasteiger partial charge in [-0.25, -0.2) is 0 Å². The van der Waals surface area contributed by atoms with E-state index in [2.05, 4.69) is 5.32 Å². The van der Waals surface area contributed by atoms with E-state index in [-0.39, 0.29) is 22.8 Å². The van der Waals surface area contributed by atoms with E-state index in [0.29, 0.717) is 22.2 Å². The maximum absolute atomic E-state index is 13.5. The quantitative estimate of drug-likeness (QED) is 0.617. The molecular formula is C22H16N4O3. The molecule has 142 valence electrons. The van der Waals surface area contributed by atoms with Crippen molar-refractivity contribution in [3.63, 3.8) is 0 Å². The number of anilines is 1. The number of ether oxygens (including phenoxy) is 1. The molecule has 0 aliphatic carbocycles. The number of para-hydroxylation sites is 1. The summed E-state index contributed by atoms with van der Waals surface area (Å²) >= 11 is 0. The number of nitrogens with two attached hydrogens (primary N) is 1. The van der Waals surface area contributed by atoms with Gasteiger partial charge in [0, 0.05) is 23.7 Å². The van der Waals surface area contributed by atoms with Gasteiger partial charge in [0.2, 0.25) is 11.8 Å². The number of nitriles is 1. The van der Waals surface area contributed by atoms with Crippen LogP contribution in [-0.2, 0) is 17.3 Å². The fourth-order valence-corrected chi connectivity index (χ4v) is 4.43. The molecular weight excluding hydrogens is 368 g/mol. The van der Waals surface area contributed by atoms with Crippen LogP contribution < -0.4 is 21.3 Å². The van der Waals surface area contributed by atoms with E-state index in [1.54, 1.807) is 25.2 Å². The summed E-state index contributed by atoms with van der Waals surface area (Å²) in [6, 6.07) is 14.7. The predicted molar refractivity (Wildman–Crippen MR) is 107 cm³/mol. The van der Waals surface area contributed by atoms with Crippen LogP contribution >= 0.6 is 0 Å². The first-order chi connectivity index (χ1) is 13.9. The van der Waals surface area contributed by atoms with E-state index in [4.69, 9.17) is 10.5 Å². The average molecular weight is 384 g/mol. The number of benzene rings is 2. The number of hydrogen-bond donors (Lipinski definition) is 2. The molecule has 1 spiro atoms. The minimum absolute atomic E-state index is 0.0840. The van der Waals surface area contributed by atoms with E-state index in [9.17, 15) is 14.9 Å². The van der Waals surface area contributed by atoms with Crippen LogP contribution in [0.25, 0.3) is 10.9 Å². The van der Waals surface area contributed by atoms with Gasteiger partial charge in [0.05, 0.1) is 11.1 Å². The highest BCUT2D eigenvalue weighted by Gasteiger charge is 2.58. The van der Waals surface area contributed by atoms with E-state index in [1.807, 2.05) is 37.3 Å². The SMILES string of the molecule is Cc1ccc2c(c1)C1(C(=O)N2)C(C#N)=C(N)Oc2c1c(=O)n(C)c1ccccc21. The van der Waals surface area contributed by atoms with Gasteiger partial charge in [-0.05, 0) is 25.1 Å². The lowest BCUT2D eigenvalue weighted by molar-refractivity contribution is -0.118. The minimum Gasteiger partial charge on any atom is -0.439 e. The van der Waals surface area contributed by atoms with Crippen molar-refractivity contribution >= 4 is 22.5 Å². The average Bonchev–Trinajstić information content (AvgIpc) is 2.98. The van der Waals surface area contributed by atoms with E-state index >= 15 is 0 Å². The smallest absolute Gasteiger partial charge is 0.259 e.